The lowest BCUT2D eigenvalue weighted by molar-refractivity contribution is 0.254. The van der Waals surface area contributed by atoms with Crippen molar-refractivity contribution >= 4 is 17.2 Å². The highest BCUT2D eigenvalue weighted by atomic mass is 32.1. The summed E-state index contributed by atoms with van der Waals surface area (Å²) in [5.74, 6) is 0.274. The van der Waals surface area contributed by atoms with Crippen molar-refractivity contribution in [1.29, 1.82) is 0 Å². The molecule has 3 nitrogen and oxygen atoms in total. The average Bonchev–Trinajstić information content (AvgIpc) is 2.60. The molecule has 0 aliphatic carbocycles. The number of hydrogen-bond donors (Lipinski definition) is 2. The molecule has 2 rings (SSSR count). The second-order valence-electron chi connectivity index (χ2n) is 4.85. The van der Waals surface area contributed by atoms with Crippen LogP contribution in [0.5, 0.6) is 5.75 Å². The fourth-order valence-electron chi connectivity index (χ4n) is 2.56. The van der Waals surface area contributed by atoms with Crippen LogP contribution in [0, 0.1) is 0 Å². The fourth-order valence-corrected chi connectivity index (χ4v) is 2.85. The van der Waals surface area contributed by atoms with Crippen LogP contribution in [0.2, 0.25) is 0 Å². The van der Waals surface area contributed by atoms with Gasteiger partial charge in [0.25, 0.3) is 0 Å². The maximum Gasteiger partial charge on any atom is 0.115 e. The number of rotatable bonds is 3. The number of nitrogens with two attached hydrogens (primary N) is 1. The molecule has 0 saturated carbocycles. The molecule has 0 bridgehead atoms. The van der Waals surface area contributed by atoms with Crippen LogP contribution in [0.4, 0.5) is 0 Å². The molecule has 1 heterocycles. The van der Waals surface area contributed by atoms with Crippen molar-refractivity contribution in [3.05, 3.63) is 29.8 Å². The number of hydrogen-bond acceptors (Lipinski definition) is 3. The molecule has 1 aliphatic heterocycles. The summed E-state index contributed by atoms with van der Waals surface area (Å²) in [6.07, 6.45) is 4.99. The standard InChI is InChI=1S/C14H20N2OS/c15-14(18)13(11-5-7-12(17)8-6-11)16-9-3-1-2-4-10-16/h5-8,13,17H,1-4,9-10H2,(H2,15,18). The van der Waals surface area contributed by atoms with Crippen LogP contribution in [-0.4, -0.2) is 28.1 Å². The van der Waals surface area contributed by atoms with Crippen molar-refractivity contribution in [2.45, 2.75) is 31.7 Å². The van der Waals surface area contributed by atoms with Gasteiger partial charge in [-0.25, -0.2) is 0 Å². The summed E-state index contributed by atoms with van der Waals surface area (Å²) in [6.45, 7) is 2.09. The van der Waals surface area contributed by atoms with Gasteiger partial charge in [0, 0.05) is 0 Å². The van der Waals surface area contributed by atoms with Crippen LogP contribution in [0.3, 0.4) is 0 Å². The molecular weight excluding hydrogens is 244 g/mol. The van der Waals surface area contributed by atoms with E-state index in [0.717, 1.165) is 18.7 Å². The van der Waals surface area contributed by atoms with E-state index in [1.54, 1.807) is 12.1 Å². The maximum absolute atomic E-state index is 9.35. The monoisotopic (exact) mass is 264 g/mol. The van der Waals surface area contributed by atoms with E-state index in [4.69, 9.17) is 18.0 Å². The van der Waals surface area contributed by atoms with E-state index >= 15 is 0 Å². The Morgan fingerprint density at radius 1 is 1.11 bits per heavy atom. The van der Waals surface area contributed by atoms with E-state index in [2.05, 4.69) is 4.90 Å². The van der Waals surface area contributed by atoms with Gasteiger partial charge in [0.05, 0.1) is 11.0 Å². The first-order valence-corrected chi connectivity index (χ1v) is 6.91. The zero-order valence-corrected chi connectivity index (χ0v) is 11.3. The normalized spacial score (nSPS) is 19.1. The van der Waals surface area contributed by atoms with Gasteiger partial charge in [-0.05, 0) is 43.6 Å². The van der Waals surface area contributed by atoms with Crippen molar-refractivity contribution in [2.24, 2.45) is 5.73 Å². The van der Waals surface area contributed by atoms with Crippen molar-refractivity contribution in [3.63, 3.8) is 0 Å². The molecule has 0 radical (unpaired) electrons. The minimum Gasteiger partial charge on any atom is -0.508 e. The molecule has 1 aromatic rings. The molecular formula is C14H20N2OS. The first-order valence-electron chi connectivity index (χ1n) is 6.51. The molecule has 1 aliphatic rings. The molecule has 0 amide bonds. The van der Waals surface area contributed by atoms with Gasteiger partial charge in [-0.2, -0.15) is 0 Å². The first-order chi connectivity index (χ1) is 8.68. The van der Waals surface area contributed by atoms with Crippen LogP contribution in [0.1, 0.15) is 37.3 Å². The molecule has 4 heteroatoms. The zero-order chi connectivity index (χ0) is 13.0. The Bertz CT molecular complexity index is 397. The summed E-state index contributed by atoms with van der Waals surface area (Å²) < 4.78 is 0. The highest BCUT2D eigenvalue weighted by molar-refractivity contribution is 7.80. The summed E-state index contributed by atoms with van der Waals surface area (Å²) in [5.41, 5.74) is 6.99. The molecule has 3 N–H and O–H groups in total. The predicted octanol–water partition coefficient (Wildman–Crippen LogP) is 2.60. The number of aromatic hydroxyl groups is 1. The van der Waals surface area contributed by atoms with Gasteiger partial charge in [0.2, 0.25) is 0 Å². The Balaban J connectivity index is 2.21. The van der Waals surface area contributed by atoms with Crippen LogP contribution < -0.4 is 5.73 Å². The SMILES string of the molecule is NC(=S)C(c1ccc(O)cc1)N1CCCCCC1. The zero-order valence-electron chi connectivity index (χ0n) is 10.5. The summed E-state index contributed by atoms with van der Waals surface area (Å²) >= 11 is 5.23. The molecule has 1 saturated heterocycles. The lowest BCUT2D eigenvalue weighted by Crippen LogP contribution is -2.37. The largest absolute Gasteiger partial charge is 0.508 e. The van der Waals surface area contributed by atoms with Gasteiger partial charge in [0.15, 0.2) is 0 Å². The highest BCUT2D eigenvalue weighted by Gasteiger charge is 2.23. The molecule has 0 aromatic heterocycles. The van der Waals surface area contributed by atoms with Gasteiger partial charge in [-0.15, -0.1) is 0 Å². The molecule has 18 heavy (non-hydrogen) atoms. The van der Waals surface area contributed by atoms with E-state index in [1.165, 1.54) is 25.7 Å². The summed E-state index contributed by atoms with van der Waals surface area (Å²) in [5, 5.41) is 9.35. The van der Waals surface area contributed by atoms with Crippen molar-refractivity contribution in [2.75, 3.05) is 13.1 Å². The van der Waals surface area contributed by atoms with Gasteiger partial charge in [-0.3, -0.25) is 4.90 Å². The highest BCUT2D eigenvalue weighted by Crippen LogP contribution is 2.25. The predicted molar refractivity (Wildman–Crippen MR) is 77.7 cm³/mol. The molecule has 1 unspecified atom stereocenters. The molecule has 1 fully saturated rings. The first kappa shape index (κ1) is 13.3. The van der Waals surface area contributed by atoms with Crippen molar-refractivity contribution in [3.8, 4) is 5.75 Å². The van der Waals surface area contributed by atoms with Gasteiger partial charge in [-0.1, -0.05) is 37.2 Å². The van der Waals surface area contributed by atoms with Crippen molar-refractivity contribution < 1.29 is 5.11 Å². The van der Waals surface area contributed by atoms with Crippen LogP contribution >= 0.6 is 12.2 Å². The summed E-state index contributed by atoms with van der Waals surface area (Å²) in [7, 11) is 0. The van der Waals surface area contributed by atoms with Crippen LogP contribution in [-0.2, 0) is 0 Å². The third-order valence-corrected chi connectivity index (χ3v) is 3.71. The summed E-state index contributed by atoms with van der Waals surface area (Å²) in [4.78, 5) is 2.88. The lowest BCUT2D eigenvalue weighted by atomic mass is 10.0. The number of thiocarbonyl (C=S) groups is 1. The third kappa shape index (κ3) is 3.21. The number of likely N-dealkylation sites (tertiary alicyclic amines) is 1. The minimum absolute atomic E-state index is 0.00120. The van der Waals surface area contributed by atoms with Crippen LogP contribution in [0.25, 0.3) is 0 Å². The smallest absolute Gasteiger partial charge is 0.115 e. The summed E-state index contributed by atoms with van der Waals surface area (Å²) in [6, 6.07) is 7.20. The molecule has 0 spiro atoms. The topological polar surface area (TPSA) is 49.5 Å². The Kier molecular flexibility index (Phi) is 4.55. The van der Waals surface area contributed by atoms with Gasteiger partial charge in [0.1, 0.15) is 5.75 Å². The van der Waals surface area contributed by atoms with Gasteiger partial charge >= 0.3 is 0 Å². The second kappa shape index (κ2) is 6.16. The Morgan fingerprint density at radius 2 is 1.67 bits per heavy atom. The quantitative estimate of drug-likeness (QED) is 0.824. The lowest BCUT2D eigenvalue weighted by Gasteiger charge is -2.30. The number of phenolic OH excluding ortho intramolecular Hbond substituents is 1. The van der Waals surface area contributed by atoms with Crippen LogP contribution in [0.15, 0.2) is 24.3 Å². The minimum atomic E-state index is -0.00120. The average molecular weight is 264 g/mol. The maximum atomic E-state index is 9.35. The van der Waals surface area contributed by atoms with E-state index in [9.17, 15) is 5.11 Å². The van der Waals surface area contributed by atoms with E-state index in [-0.39, 0.29) is 11.8 Å². The van der Waals surface area contributed by atoms with E-state index < -0.39 is 0 Å². The third-order valence-electron chi connectivity index (χ3n) is 3.48. The fraction of sp³-hybridized carbons (Fsp3) is 0.500. The van der Waals surface area contributed by atoms with Gasteiger partial charge < -0.3 is 10.8 Å². The molecule has 98 valence electrons. The van der Waals surface area contributed by atoms with E-state index in [1.807, 2.05) is 12.1 Å². The van der Waals surface area contributed by atoms with Crippen molar-refractivity contribution in [1.82, 2.24) is 4.90 Å². The number of phenols is 1. The Morgan fingerprint density at radius 3 is 2.17 bits per heavy atom. The number of nitrogens with zero attached hydrogens (tertiary/aromatic N) is 1. The van der Waals surface area contributed by atoms with E-state index in [0.29, 0.717) is 4.99 Å². The second-order valence-corrected chi connectivity index (χ2v) is 5.32. The molecule has 1 atom stereocenters. The Hall–Kier alpha value is -1.13. The Labute approximate surface area is 114 Å². The molecule has 1 aromatic carbocycles. The number of benzene rings is 1.